The molecule has 1 atom stereocenters. The van der Waals surface area contributed by atoms with Gasteiger partial charge in [-0.2, -0.15) is 0 Å². The number of nitrogens with zero attached hydrogens (tertiary/aromatic N) is 2. The minimum Gasteiger partial charge on any atom is -0.368 e. The lowest BCUT2D eigenvalue weighted by Crippen LogP contribution is -2.34. The molecule has 4 N–H and O–H groups in total. The summed E-state index contributed by atoms with van der Waals surface area (Å²) >= 11 is 0. The van der Waals surface area contributed by atoms with E-state index in [1.165, 1.54) is 12.8 Å². The highest BCUT2D eigenvalue weighted by Crippen LogP contribution is 2.16. The van der Waals surface area contributed by atoms with E-state index in [-0.39, 0.29) is 5.96 Å². The predicted molar refractivity (Wildman–Crippen MR) is 51.7 cm³/mol. The minimum atomic E-state index is 0.1000. The molecule has 13 heavy (non-hydrogen) atoms. The zero-order chi connectivity index (χ0) is 9.68. The first-order valence-electron chi connectivity index (χ1n) is 4.72. The number of nitrogens with one attached hydrogen (secondary N) is 1. The minimum absolute atomic E-state index is 0.1000. The highest BCUT2D eigenvalue weighted by molar-refractivity contribution is 5.76. The van der Waals surface area contributed by atoms with Gasteiger partial charge in [0.05, 0.1) is 6.54 Å². The van der Waals surface area contributed by atoms with Crippen molar-refractivity contribution < 1.29 is 5.21 Å². The quantitative estimate of drug-likeness (QED) is 0.323. The van der Waals surface area contributed by atoms with Crippen LogP contribution in [-0.4, -0.2) is 41.7 Å². The normalized spacial score (nSPS) is 25.1. The van der Waals surface area contributed by atoms with Crippen LogP contribution in [0.4, 0.5) is 0 Å². The summed E-state index contributed by atoms with van der Waals surface area (Å²) in [7, 11) is 0. The third-order valence-electron chi connectivity index (χ3n) is 2.49. The Balaban J connectivity index is 2.35. The Hall–Kier alpha value is -0.810. The van der Waals surface area contributed by atoms with Gasteiger partial charge >= 0.3 is 0 Å². The van der Waals surface area contributed by atoms with Crippen LogP contribution in [0.1, 0.15) is 19.8 Å². The van der Waals surface area contributed by atoms with Crippen molar-refractivity contribution in [1.29, 1.82) is 0 Å². The summed E-state index contributed by atoms with van der Waals surface area (Å²) in [5.74, 6) is 0.1000. The van der Waals surface area contributed by atoms with Crippen molar-refractivity contribution >= 4 is 5.96 Å². The van der Waals surface area contributed by atoms with Gasteiger partial charge in [-0.1, -0.05) is 6.92 Å². The molecule has 0 aromatic rings. The van der Waals surface area contributed by atoms with Gasteiger partial charge in [-0.05, 0) is 25.9 Å². The molecule has 0 bridgehead atoms. The van der Waals surface area contributed by atoms with Gasteiger partial charge in [0.2, 0.25) is 5.96 Å². The number of hydroxylamine groups is 1. The van der Waals surface area contributed by atoms with Gasteiger partial charge in [-0.3, -0.25) is 15.1 Å². The highest BCUT2D eigenvalue weighted by atomic mass is 16.5. The first-order valence-corrected chi connectivity index (χ1v) is 4.72. The van der Waals surface area contributed by atoms with Crippen LogP contribution in [0.3, 0.4) is 0 Å². The Morgan fingerprint density at radius 1 is 1.77 bits per heavy atom. The second-order valence-electron chi connectivity index (χ2n) is 3.26. The maximum Gasteiger partial charge on any atom is 0.212 e. The van der Waals surface area contributed by atoms with Crippen molar-refractivity contribution in [2.24, 2.45) is 10.7 Å². The van der Waals surface area contributed by atoms with E-state index in [1.807, 2.05) is 5.48 Å². The molecule has 1 rings (SSSR count). The molecule has 5 nitrogen and oxygen atoms in total. The van der Waals surface area contributed by atoms with E-state index in [4.69, 9.17) is 10.9 Å². The molecule has 0 amide bonds. The smallest absolute Gasteiger partial charge is 0.212 e. The second kappa shape index (κ2) is 5.04. The average molecular weight is 186 g/mol. The van der Waals surface area contributed by atoms with Crippen LogP contribution in [0, 0.1) is 0 Å². The van der Waals surface area contributed by atoms with Crippen molar-refractivity contribution in [2.75, 3.05) is 19.6 Å². The molecule has 1 aliphatic rings. The van der Waals surface area contributed by atoms with Crippen LogP contribution < -0.4 is 11.2 Å². The summed E-state index contributed by atoms with van der Waals surface area (Å²) in [5.41, 5.74) is 7.14. The topological polar surface area (TPSA) is 73.9 Å². The maximum atomic E-state index is 8.41. The van der Waals surface area contributed by atoms with Crippen molar-refractivity contribution in [3.8, 4) is 0 Å². The van der Waals surface area contributed by atoms with Gasteiger partial charge < -0.3 is 5.73 Å². The van der Waals surface area contributed by atoms with Crippen LogP contribution in [0.15, 0.2) is 4.99 Å². The van der Waals surface area contributed by atoms with Gasteiger partial charge in [-0.15, -0.1) is 0 Å². The molecule has 0 aromatic heterocycles. The first kappa shape index (κ1) is 10.3. The first-order chi connectivity index (χ1) is 6.27. The molecular weight excluding hydrogens is 168 g/mol. The average Bonchev–Trinajstić information content (AvgIpc) is 2.61. The molecule has 1 unspecified atom stereocenters. The second-order valence-corrected chi connectivity index (χ2v) is 3.26. The summed E-state index contributed by atoms with van der Waals surface area (Å²) in [5, 5.41) is 8.41. The van der Waals surface area contributed by atoms with Crippen molar-refractivity contribution in [2.45, 2.75) is 25.8 Å². The summed E-state index contributed by atoms with van der Waals surface area (Å²) in [6.07, 6.45) is 2.41. The number of hydrogen-bond acceptors (Lipinski definition) is 3. The Labute approximate surface area is 78.6 Å². The Bertz CT molecular complexity index is 183. The highest BCUT2D eigenvalue weighted by Gasteiger charge is 2.22. The Kier molecular flexibility index (Phi) is 3.98. The summed E-state index contributed by atoms with van der Waals surface area (Å²) in [4.78, 5) is 6.40. The van der Waals surface area contributed by atoms with Crippen molar-refractivity contribution in [1.82, 2.24) is 10.4 Å². The molecule has 0 aliphatic carbocycles. The summed E-state index contributed by atoms with van der Waals surface area (Å²) in [6.45, 7) is 5.04. The van der Waals surface area contributed by atoms with E-state index < -0.39 is 0 Å². The zero-order valence-corrected chi connectivity index (χ0v) is 8.03. The van der Waals surface area contributed by atoms with E-state index >= 15 is 0 Å². The standard InChI is InChI=1S/C8H18N4O/c1-2-12-5-3-4-7(12)6-10-8(9)11-13/h7,13H,2-6H2,1H3,(H3,9,10,11). The lowest BCUT2D eigenvalue weighted by Gasteiger charge is -2.20. The molecule has 0 saturated carbocycles. The lowest BCUT2D eigenvalue weighted by atomic mass is 10.2. The molecule has 1 saturated heterocycles. The number of likely N-dealkylation sites (N-methyl/N-ethyl adjacent to an activating group) is 1. The van der Waals surface area contributed by atoms with E-state index in [9.17, 15) is 0 Å². The summed E-state index contributed by atoms with van der Waals surface area (Å²) in [6, 6.07) is 0.497. The SMILES string of the molecule is CCN1CCCC1CN=C(N)NO. The summed E-state index contributed by atoms with van der Waals surface area (Å²) < 4.78 is 0. The number of likely N-dealkylation sites (tertiary alicyclic amines) is 1. The number of rotatable bonds is 3. The molecule has 76 valence electrons. The van der Waals surface area contributed by atoms with Gasteiger partial charge in [0, 0.05) is 6.04 Å². The van der Waals surface area contributed by atoms with Gasteiger partial charge in [0.1, 0.15) is 0 Å². The van der Waals surface area contributed by atoms with Gasteiger partial charge in [0.15, 0.2) is 0 Å². The number of guanidine groups is 1. The Morgan fingerprint density at radius 2 is 2.54 bits per heavy atom. The maximum absolute atomic E-state index is 8.41. The lowest BCUT2D eigenvalue weighted by molar-refractivity contribution is 0.231. The van der Waals surface area contributed by atoms with Crippen LogP contribution >= 0.6 is 0 Å². The van der Waals surface area contributed by atoms with E-state index in [1.54, 1.807) is 0 Å². The fourth-order valence-electron chi connectivity index (χ4n) is 1.76. The van der Waals surface area contributed by atoms with Crippen LogP contribution in [0.25, 0.3) is 0 Å². The van der Waals surface area contributed by atoms with Crippen LogP contribution in [0.5, 0.6) is 0 Å². The molecule has 1 aliphatic heterocycles. The molecule has 1 heterocycles. The van der Waals surface area contributed by atoms with E-state index in [0.29, 0.717) is 12.6 Å². The molecule has 0 aromatic carbocycles. The van der Waals surface area contributed by atoms with Crippen LogP contribution in [-0.2, 0) is 0 Å². The predicted octanol–water partition coefficient (Wildman–Crippen LogP) is -0.236. The fourth-order valence-corrected chi connectivity index (χ4v) is 1.76. The zero-order valence-electron chi connectivity index (χ0n) is 8.03. The number of hydrogen-bond donors (Lipinski definition) is 3. The van der Waals surface area contributed by atoms with Gasteiger partial charge in [0.25, 0.3) is 0 Å². The number of nitrogens with two attached hydrogens (primary N) is 1. The molecule has 0 radical (unpaired) electrons. The van der Waals surface area contributed by atoms with Gasteiger partial charge in [-0.25, -0.2) is 5.48 Å². The molecule has 0 spiro atoms. The third kappa shape index (κ3) is 2.86. The number of aliphatic imine (C=N–C) groups is 1. The third-order valence-corrected chi connectivity index (χ3v) is 2.49. The van der Waals surface area contributed by atoms with Crippen molar-refractivity contribution in [3.63, 3.8) is 0 Å². The fraction of sp³-hybridized carbons (Fsp3) is 0.875. The molecule has 1 fully saturated rings. The van der Waals surface area contributed by atoms with Crippen LogP contribution in [0.2, 0.25) is 0 Å². The Morgan fingerprint density at radius 3 is 3.15 bits per heavy atom. The van der Waals surface area contributed by atoms with E-state index in [0.717, 1.165) is 13.1 Å². The monoisotopic (exact) mass is 186 g/mol. The molecular formula is C8H18N4O. The van der Waals surface area contributed by atoms with E-state index in [2.05, 4.69) is 16.8 Å². The van der Waals surface area contributed by atoms with Crippen molar-refractivity contribution in [3.05, 3.63) is 0 Å². The molecule has 5 heteroatoms. The largest absolute Gasteiger partial charge is 0.368 e.